The highest BCUT2D eigenvalue weighted by Gasteiger charge is 2.24. The van der Waals surface area contributed by atoms with Gasteiger partial charge >= 0.3 is 0 Å². The smallest absolute Gasteiger partial charge is 0.161 e. The highest BCUT2D eigenvalue weighted by Crippen LogP contribution is 2.36. The second-order valence-electron chi connectivity index (χ2n) is 7.27. The van der Waals surface area contributed by atoms with E-state index in [4.69, 9.17) is 20.9 Å². The van der Waals surface area contributed by atoms with E-state index in [0.717, 1.165) is 55.2 Å². The predicted molar refractivity (Wildman–Crippen MR) is 114 cm³/mol. The molecule has 0 radical (unpaired) electrons. The summed E-state index contributed by atoms with van der Waals surface area (Å²) in [7, 11) is 1.65. The topological polar surface area (TPSA) is 86.6 Å². The first kappa shape index (κ1) is 20.0. The Morgan fingerprint density at radius 2 is 2.00 bits per heavy atom. The van der Waals surface area contributed by atoms with Crippen molar-refractivity contribution in [2.75, 3.05) is 38.3 Å². The summed E-state index contributed by atoms with van der Waals surface area (Å²) in [6, 6.07) is 6.11. The molecule has 0 spiro atoms. The quantitative estimate of drug-likeness (QED) is 0.713. The van der Waals surface area contributed by atoms with Gasteiger partial charge in [0, 0.05) is 6.54 Å². The number of hydrogen-bond acceptors (Lipinski definition) is 6. The van der Waals surface area contributed by atoms with Crippen LogP contribution in [0.1, 0.15) is 35.4 Å². The van der Waals surface area contributed by atoms with Crippen LogP contribution in [0.2, 0.25) is 0 Å². The molecule has 1 aliphatic heterocycles. The van der Waals surface area contributed by atoms with Gasteiger partial charge in [-0.25, -0.2) is 4.98 Å². The van der Waals surface area contributed by atoms with Gasteiger partial charge in [-0.15, -0.1) is 0 Å². The predicted octanol–water partition coefficient (Wildman–Crippen LogP) is 3.51. The maximum atomic E-state index is 6.20. The van der Waals surface area contributed by atoms with Crippen LogP contribution >= 0.6 is 0 Å². The molecule has 6 heteroatoms. The van der Waals surface area contributed by atoms with Crippen LogP contribution < -0.4 is 20.9 Å². The first-order valence-corrected chi connectivity index (χ1v) is 9.66. The lowest BCUT2D eigenvalue weighted by Gasteiger charge is -2.33. The largest absolute Gasteiger partial charge is 0.493 e. The number of anilines is 2. The first-order chi connectivity index (χ1) is 13.5. The fourth-order valence-electron chi connectivity index (χ4n) is 3.92. The number of aromatic nitrogens is 1. The molecule has 0 atom stereocenters. The maximum Gasteiger partial charge on any atom is 0.161 e. The van der Waals surface area contributed by atoms with Gasteiger partial charge in [0.25, 0.3) is 0 Å². The van der Waals surface area contributed by atoms with Crippen molar-refractivity contribution in [1.82, 2.24) is 9.88 Å². The lowest BCUT2D eigenvalue weighted by atomic mass is 9.86. The minimum Gasteiger partial charge on any atom is -0.493 e. The summed E-state index contributed by atoms with van der Waals surface area (Å²) in [5.74, 6) is 2.51. The molecule has 1 aromatic heterocycles. The zero-order chi connectivity index (χ0) is 20.1. The summed E-state index contributed by atoms with van der Waals surface area (Å²) in [5, 5.41) is 0. The SMILES string of the molecule is C=CCOc1cc(CN2CCC(c3c(N)cnc(N)c3C)CC2)ccc1OC. The second kappa shape index (κ2) is 8.97. The van der Waals surface area contributed by atoms with Crippen LogP contribution in [0, 0.1) is 6.92 Å². The number of benzene rings is 1. The molecule has 1 aliphatic rings. The van der Waals surface area contributed by atoms with E-state index in [-0.39, 0.29) is 0 Å². The zero-order valence-electron chi connectivity index (χ0n) is 16.8. The van der Waals surface area contributed by atoms with E-state index in [2.05, 4.69) is 28.6 Å². The van der Waals surface area contributed by atoms with Gasteiger partial charge < -0.3 is 20.9 Å². The lowest BCUT2D eigenvalue weighted by Crippen LogP contribution is -2.33. The molecule has 2 heterocycles. The van der Waals surface area contributed by atoms with E-state index in [1.54, 1.807) is 19.4 Å². The number of nitrogen functional groups attached to an aromatic ring is 2. The molecule has 1 fully saturated rings. The van der Waals surface area contributed by atoms with Crippen LogP contribution in [0.3, 0.4) is 0 Å². The number of likely N-dealkylation sites (tertiary alicyclic amines) is 1. The van der Waals surface area contributed by atoms with Crippen molar-refractivity contribution in [3.63, 3.8) is 0 Å². The molecule has 4 N–H and O–H groups in total. The fourth-order valence-corrected chi connectivity index (χ4v) is 3.92. The third-order valence-corrected chi connectivity index (χ3v) is 5.43. The highest BCUT2D eigenvalue weighted by molar-refractivity contribution is 5.58. The van der Waals surface area contributed by atoms with Gasteiger partial charge in [-0.3, -0.25) is 4.90 Å². The summed E-state index contributed by atoms with van der Waals surface area (Å²) in [6.07, 6.45) is 5.54. The Hall–Kier alpha value is -2.73. The van der Waals surface area contributed by atoms with Gasteiger partial charge in [0.1, 0.15) is 12.4 Å². The van der Waals surface area contributed by atoms with Gasteiger partial charge in [-0.1, -0.05) is 18.7 Å². The Labute approximate surface area is 167 Å². The van der Waals surface area contributed by atoms with Crippen molar-refractivity contribution in [2.45, 2.75) is 32.2 Å². The third-order valence-electron chi connectivity index (χ3n) is 5.43. The van der Waals surface area contributed by atoms with Crippen LogP contribution in [0.25, 0.3) is 0 Å². The van der Waals surface area contributed by atoms with Crippen molar-refractivity contribution in [3.05, 3.63) is 53.7 Å². The normalized spacial score (nSPS) is 15.4. The third kappa shape index (κ3) is 4.39. The van der Waals surface area contributed by atoms with Gasteiger partial charge in [0.15, 0.2) is 11.5 Å². The van der Waals surface area contributed by atoms with Crippen LogP contribution in [-0.4, -0.2) is 36.7 Å². The molecule has 6 nitrogen and oxygen atoms in total. The Bertz CT molecular complexity index is 830. The van der Waals surface area contributed by atoms with E-state index >= 15 is 0 Å². The minimum absolute atomic E-state index is 0.434. The molecule has 0 bridgehead atoms. The molecule has 0 amide bonds. The van der Waals surface area contributed by atoms with E-state index in [1.165, 1.54) is 11.1 Å². The number of rotatable bonds is 7. The van der Waals surface area contributed by atoms with E-state index in [1.807, 2.05) is 13.0 Å². The van der Waals surface area contributed by atoms with Crippen molar-refractivity contribution in [1.29, 1.82) is 0 Å². The standard InChI is InChI=1S/C22H30N4O2/c1-4-11-28-20-12-16(5-6-19(20)27-3)14-26-9-7-17(8-10-26)21-15(2)22(24)25-13-18(21)23/h4-6,12-13,17H,1,7-11,14,23H2,2-3H3,(H2,24,25). The van der Waals surface area contributed by atoms with Crippen molar-refractivity contribution >= 4 is 11.5 Å². The molecular weight excluding hydrogens is 352 g/mol. The van der Waals surface area contributed by atoms with Crippen LogP contribution in [-0.2, 0) is 6.54 Å². The number of nitrogens with zero attached hydrogens (tertiary/aromatic N) is 2. The number of piperidine rings is 1. The maximum absolute atomic E-state index is 6.20. The molecule has 0 unspecified atom stereocenters. The van der Waals surface area contributed by atoms with Crippen LogP contribution in [0.5, 0.6) is 11.5 Å². The highest BCUT2D eigenvalue weighted by atomic mass is 16.5. The minimum atomic E-state index is 0.434. The monoisotopic (exact) mass is 382 g/mol. The number of pyridine rings is 1. The Morgan fingerprint density at radius 3 is 2.68 bits per heavy atom. The lowest BCUT2D eigenvalue weighted by molar-refractivity contribution is 0.204. The number of ether oxygens (including phenoxy) is 2. The van der Waals surface area contributed by atoms with E-state index in [9.17, 15) is 0 Å². The summed E-state index contributed by atoms with van der Waals surface area (Å²) in [4.78, 5) is 6.63. The molecule has 1 aromatic carbocycles. The van der Waals surface area contributed by atoms with E-state index in [0.29, 0.717) is 18.3 Å². The summed E-state index contributed by atoms with van der Waals surface area (Å²) in [6.45, 7) is 9.09. The van der Waals surface area contributed by atoms with Gasteiger partial charge in [0.05, 0.1) is 19.0 Å². The molecule has 0 aliphatic carbocycles. The summed E-state index contributed by atoms with van der Waals surface area (Å²) in [5.41, 5.74) is 16.4. The molecule has 3 rings (SSSR count). The first-order valence-electron chi connectivity index (χ1n) is 9.66. The van der Waals surface area contributed by atoms with E-state index < -0.39 is 0 Å². The number of nitrogens with two attached hydrogens (primary N) is 2. The average Bonchev–Trinajstić information content (AvgIpc) is 2.71. The van der Waals surface area contributed by atoms with Crippen molar-refractivity contribution in [2.24, 2.45) is 0 Å². The van der Waals surface area contributed by atoms with Crippen LogP contribution in [0.15, 0.2) is 37.1 Å². The van der Waals surface area contributed by atoms with Gasteiger partial charge in [-0.05, 0) is 67.6 Å². The number of hydrogen-bond donors (Lipinski definition) is 2. The Balaban J connectivity index is 1.65. The molecule has 1 saturated heterocycles. The molecular formula is C22H30N4O2. The summed E-state index contributed by atoms with van der Waals surface area (Å²) < 4.78 is 11.1. The second-order valence-corrected chi connectivity index (χ2v) is 7.27. The summed E-state index contributed by atoms with van der Waals surface area (Å²) >= 11 is 0. The zero-order valence-corrected chi connectivity index (χ0v) is 16.8. The van der Waals surface area contributed by atoms with Crippen LogP contribution in [0.4, 0.5) is 11.5 Å². The molecule has 28 heavy (non-hydrogen) atoms. The average molecular weight is 383 g/mol. The fraction of sp³-hybridized carbons (Fsp3) is 0.409. The van der Waals surface area contributed by atoms with Gasteiger partial charge in [-0.2, -0.15) is 0 Å². The molecule has 2 aromatic rings. The van der Waals surface area contributed by atoms with Crippen molar-refractivity contribution < 1.29 is 9.47 Å². The Morgan fingerprint density at radius 1 is 1.25 bits per heavy atom. The Kier molecular flexibility index (Phi) is 6.41. The van der Waals surface area contributed by atoms with Crippen molar-refractivity contribution in [3.8, 4) is 11.5 Å². The van der Waals surface area contributed by atoms with Gasteiger partial charge in [0.2, 0.25) is 0 Å². The number of methoxy groups -OCH3 is 1. The molecule has 150 valence electrons. The molecule has 0 saturated carbocycles.